The first-order chi connectivity index (χ1) is 14.4. The second-order valence-corrected chi connectivity index (χ2v) is 10.1. The van der Waals surface area contributed by atoms with E-state index in [0.29, 0.717) is 54.1 Å². The minimum Gasteiger partial charge on any atom is -0.495 e. The third-order valence-electron chi connectivity index (χ3n) is 5.15. The average molecular weight is 449 g/mol. The summed E-state index contributed by atoms with van der Waals surface area (Å²) in [6.45, 7) is 5.76. The van der Waals surface area contributed by atoms with E-state index in [1.54, 1.807) is 17.5 Å². The minimum atomic E-state index is -3.60. The van der Waals surface area contributed by atoms with Crippen LogP contribution >= 0.6 is 11.3 Å². The van der Waals surface area contributed by atoms with Crippen molar-refractivity contribution in [3.05, 3.63) is 41.1 Å². The molecule has 10 heteroatoms. The lowest BCUT2D eigenvalue weighted by atomic mass is 10.2. The second kappa shape index (κ2) is 8.37. The van der Waals surface area contributed by atoms with E-state index in [-0.39, 0.29) is 0 Å². The monoisotopic (exact) mass is 448 g/mol. The van der Waals surface area contributed by atoms with Crippen LogP contribution < -0.4 is 9.64 Å². The lowest BCUT2D eigenvalue weighted by Crippen LogP contribution is -2.48. The Bertz CT molecular complexity index is 1130. The number of sulfonamides is 1. The van der Waals surface area contributed by atoms with Gasteiger partial charge in [-0.15, -0.1) is 11.3 Å². The highest BCUT2D eigenvalue weighted by Crippen LogP contribution is 2.35. The van der Waals surface area contributed by atoms with Crippen molar-refractivity contribution in [1.29, 1.82) is 0 Å². The van der Waals surface area contributed by atoms with Gasteiger partial charge in [-0.1, -0.05) is 24.2 Å². The minimum absolute atomic E-state index is 0.316. The van der Waals surface area contributed by atoms with Crippen LogP contribution in [0.25, 0.3) is 10.7 Å². The van der Waals surface area contributed by atoms with Gasteiger partial charge in [0.15, 0.2) is 0 Å². The highest BCUT2D eigenvalue weighted by atomic mass is 32.2. The number of rotatable bonds is 6. The topological polar surface area (TPSA) is 88.8 Å². The summed E-state index contributed by atoms with van der Waals surface area (Å²) in [6, 6.07) is 9.45. The van der Waals surface area contributed by atoms with Crippen molar-refractivity contribution in [1.82, 2.24) is 14.4 Å². The Morgan fingerprint density at radius 2 is 1.93 bits per heavy atom. The van der Waals surface area contributed by atoms with Crippen molar-refractivity contribution in [2.75, 3.05) is 38.2 Å². The molecule has 0 amide bonds. The first kappa shape index (κ1) is 20.8. The number of aryl methyl sites for hydroxylation is 2. The molecule has 0 bridgehead atoms. The highest BCUT2D eigenvalue weighted by Gasteiger charge is 2.32. The fraction of sp³-hybridized carbons (Fsp3) is 0.400. The quantitative estimate of drug-likeness (QED) is 0.572. The van der Waals surface area contributed by atoms with E-state index in [0.717, 1.165) is 16.3 Å². The summed E-state index contributed by atoms with van der Waals surface area (Å²) in [5.41, 5.74) is 0.981. The van der Waals surface area contributed by atoms with E-state index in [2.05, 4.69) is 15.0 Å². The number of nitrogens with zero attached hydrogens (tertiary/aromatic N) is 4. The summed E-state index contributed by atoms with van der Waals surface area (Å²) in [6.07, 6.45) is 0.638. The zero-order valence-corrected chi connectivity index (χ0v) is 18.8. The predicted molar refractivity (Wildman–Crippen MR) is 116 cm³/mol. The van der Waals surface area contributed by atoms with Crippen LogP contribution in [-0.2, 0) is 16.4 Å². The number of anilines is 1. The molecule has 1 fully saturated rings. The molecule has 0 aliphatic carbocycles. The molecule has 0 atom stereocenters. The first-order valence-electron chi connectivity index (χ1n) is 9.75. The molecule has 0 spiro atoms. The van der Waals surface area contributed by atoms with Crippen LogP contribution in [0.3, 0.4) is 0 Å². The Morgan fingerprint density at radius 3 is 2.60 bits per heavy atom. The normalized spacial score (nSPS) is 15.5. The van der Waals surface area contributed by atoms with Crippen molar-refractivity contribution in [2.45, 2.75) is 25.2 Å². The molecule has 30 heavy (non-hydrogen) atoms. The summed E-state index contributed by atoms with van der Waals surface area (Å²) in [5.74, 6) is 1.76. The second-order valence-electron chi connectivity index (χ2n) is 6.96. The summed E-state index contributed by atoms with van der Waals surface area (Å²) < 4.78 is 38.8. The summed E-state index contributed by atoms with van der Waals surface area (Å²) in [5, 5.41) is 3.96. The molecule has 0 saturated carbocycles. The Kier molecular flexibility index (Phi) is 5.81. The molecule has 2 aromatic heterocycles. The van der Waals surface area contributed by atoms with Crippen molar-refractivity contribution < 1.29 is 17.7 Å². The molecular formula is C20H24N4O4S2. The molecule has 1 saturated heterocycles. The van der Waals surface area contributed by atoms with Gasteiger partial charge in [-0.3, -0.25) is 0 Å². The fourth-order valence-electron chi connectivity index (χ4n) is 3.53. The van der Waals surface area contributed by atoms with E-state index in [9.17, 15) is 8.42 Å². The van der Waals surface area contributed by atoms with Crippen LogP contribution in [0.15, 0.2) is 39.8 Å². The molecule has 1 aromatic carbocycles. The van der Waals surface area contributed by atoms with E-state index in [1.165, 1.54) is 11.3 Å². The Hall–Kier alpha value is -2.43. The maximum absolute atomic E-state index is 13.3. The molecule has 160 valence electrons. The molecular weight excluding hydrogens is 424 g/mol. The number of aromatic nitrogens is 2. The predicted octanol–water partition coefficient (Wildman–Crippen LogP) is 3.19. The lowest BCUT2D eigenvalue weighted by Gasteiger charge is -2.35. The number of piperazine rings is 1. The third-order valence-corrected chi connectivity index (χ3v) is 8.35. The highest BCUT2D eigenvalue weighted by molar-refractivity contribution is 7.89. The van der Waals surface area contributed by atoms with Gasteiger partial charge < -0.3 is 14.2 Å². The van der Waals surface area contributed by atoms with Crippen LogP contribution in [0.4, 0.5) is 5.69 Å². The fourth-order valence-corrected chi connectivity index (χ4v) is 6.44. The van der Waals surface area contributed by atoms with Gasteiger partial charge in [0.2, 0.25) is 21.7 Å². The number of benzene rings is 1. The molecule has 1 aliphatic rings. The van der Waals surface area contributed by atoms with Crippen LogP contribution in [0.5, 0.6) is 5.75 Å². The number of ether oxygens (including phenoxy) is 1. The Labute approximate surface area is 180 Å². The lowest BCUT2D eigenvalue weighted by molar-refractivity contribution is 0.378. The maximum Gasteiger partial charge on any atom is 0.244 e. The standard InChI is InChI=1S/C20H24N4O4S2/c1-4-19-21-20(22-28-19)17-13-18(14(2)29-17)30(25,26)24-11-9-23(10-12-24)15-7-5-6-8-16(15)27-3/h5-8,13H,4,9-12H2,1-3H3. The van der Waals surface area contributed by atoms with Gasteiger partial charge in [-0.25, -0.2) is 8.42 Å². The van der Waals surface area contributed by atoms with Gasteiger partial charge in [-0.2, -0.15) is 9.29 Å². The van der Waals surface area contributed by atoms with Gasteiger partial charge >= 0.3 is 0 Å². The van der Waals surface area contributed by atoms with Crippen LogP contribution in [0.1, 0.15) is 17.7 Å². The van der Waals surface area contributed by atoms with Crippen molar-refractivity contribution in [3.8, 4) is 16.5 Å². The van der Waals surface area contributed by atoms with E-state index in [1.807, 2.05) is 38.1 Å². The van der Waals surface area contributed by atoms with Crippen LogP contribution in [0.2, 0.25) is 0 Å². The van der Waals surface area contributed by atoms with E-state index < -0.39 is 10.0 Å². The van der Waals surface area contributed by atoms with Gasteiger partial charge in [0.05, 0.1) is 22.6 Å². The van der Waals surface area contributed by atoms with Crippen molar-refractivity contribution in [2.24, 2.45) is 0 Å². The summed E-state index contributed by atoms with van der Waals surface area (Å²) in [7, 11) is -1.96. The zero-order chi connectivity index (χ0) is 21.3. The maximum atomic E-state index is 13.3. The van der Waals surface area contributed by atoms with Gasteiger partial charge in [0.25, 0.3) is 0 Å². The Balaban J connectivity index is 1.52. The number of hydrogen-bond acceptors (Lipinski definition) is 8. The van der Waals surface area contributed by atoms with Gasteiger partial charge in [-0.05, 0) is 25.1 Å². The molecule has 1 aliphatic heterocycles. The largest absolute Gasteiger partial charge is 0.495 e. The molecule has 0 unspecified atom stereocenters. The molecule has 8 nitrogen and oxygen atoms in total. The first-order valence-corrected chi connectivity index (χ1v) is 12.0. The van der Waals surface area contributed by atoms with Crippen LogP contribution in [0, 0.1) is 6.92 Å². The number of methoxy groups -OCH3 is 1. The molecule has 0 N–H and O–H groups in total. The number of hydrogen-bond donors (Lipinski definition) is 0. The number of thiophene rings is 1. The smallest absolute Gasteiger partial charge is 0.244 e. The van der Waals surface area contributed by atoms with Crippen molar-refractivity contribution >= 4 is 27.0 Å². The molecule has 4 rings (SSSR count). The van der Waals surface area contributed by atoms with E-state index >= 15 is 0 Å². The van der Waals surface area contributed by atoms with Crippen LogP contribution in [-0.4, -0.2) is 56.2 Å². The molecule has 0 radical (unpaired) electrons. The summed E-state index contributed by atoms with van der Waals surface area (Å²) >= 11 is 1.37. The number of para-hydroxylation sites is 2. The SMILES string of the molecule is CCc1nc(-c2cc(S(=O)(=O)N3CCN(c4ccccc4OC)CC3)c(C)s2)no1. The molecule has 3 heterocycles. The Morgan fingerprint density at radius 1 is 1.20 bits per heavy atom. The van der Waals surface area contributed by atoms with E-state index in [4.69, 9.17) is 9.26 Å². The van der Waals surface area contributed by atoms with Gasteiger partial charge in [0.1, 0.15) is 5.75 Å². The van der Waals surface area contributed by atoms with Crippen molar-refractivity contribution in [3.63, 3.8) is 0 Å². The van der Waals surface area contributed by atoms with Gasteiger partial charge in [0, 0.05) is 37.5 Å². The average Bonchev–Trinajstić information content (AvgIpc) is 3.40. The summed E-state index contributed by atoms with van der Waals surface area (Å²) in [4.78, 5) is 8.20. The molecule has 3 aromatic rings. The zero-order valence-electron chi connectivity index (χ0n) is 17.2. The third kappa shape index (κ3) is 3.82.